The van der Waals surface area contributed by atoms with Gasteiger partial charge in [-0.2, -0.15) is 4.98 Å². The van der Waals surface area contributed by atoms with E-state index >= 15 is 0 Å². The number of benzene rings is 1. The van der Waals surface area contributed by atoms with Gasteiger partial charge >= 0.3 is 5.69 Å². The van der Waals surface area contributed by atoms with E-state index in [1.54, 1.807) is 18.8 Å². The number of unbranched alkanes of at least 4 members (excludes halogenated alkanes) is 1. The molecule has 2 heterocycles. The van der Waals surface area contributed by atoms with Crippen molar-refractivity contribution < 1.29 is 9.47 Å². The Labute approximate surface area is 146 Å². The van der Waals surface area contributed by atoms with Crippen LogP contribution in [0.3, 0.4) is 0 Å². The van der Waals surface area contributed by atoms with E-state index in [1.807, 2.05) is 18.2 Å². The first-order valence-corrected chi connectivity index (χ1v) is 8.49. The molecule has 1 aromatic carbocycles. The Morgan fingerprint density at radius 3 is 2.68 bits per heavy atom. The lowest BCUT2D eigenvalue weighted by Gasteiger charge is -2.23. The number of ether oxygens (including phenoxy) is 2. The number of nitrogens with zero attached hydrogens (tertiary/aromatic N) is 2. The number of aryl methyl sites for hydroxylation is 1. The second-order valence-electron chi connectivity index (χ2n) is 6.00. The van der Waals surface area contributed by atoms with Gasteiger partial charge in [-0.1, -0.05) is 0 Å². The minimum Gasteiger partial charge on any atom is -0.493 e. The SMILES string of the molecule is COc1cc2c(cc1OC)-c1cc(NCCCCN)nc(=O)n1CC2. The van der Waals surface area contributed by atoms with Gasteiger partial charge in [-0.15, -0.1) is 0 Å². The van der Waals surface area contributed by atoms with E-state index < -0.39 is 0 Å². The Kier molecular flexibility index (Phi) is 5.23. The van der Waals surface area contributed by atoms with Gasteiger partial charge in [-0.3, -0.25) is 4.57 Å². The monoisotopic (exact) mass is 344 g/mol. The molecule has 3 N–H and O–H groups in total. The number of methoxy groups -OCH3 is 2. The highest BCUT2D eigenvalue weighted by atomic mass is 16.5. The van der Waals surface area contributed by atoms with Crippen LogP contribution in [-0.2, 0) is 13.0 Å². The molecule has 0 aliphatic carbocycles. The van der Waals surface area contributed by atoms with Crippen LogP contribution in [0.1, 0.15) is 18.4 Å². The Hall–Kier alpha value is -2.54. The largest absolute Gasteiger partial charge is 0.493 e. The van der Waals surface area contributed by atoms with Gasteiger partial charge < -0.3 is 20.5 Å². The summed E-state index contributed by atoms with van der Waals surface area (Å²) >= 11 is 0. The summed E-state index contributed by atoms with van der Waals surface area (Å²) in [5.74, 6) is 1.94. The lowest BCUT2D eigenvalue weighted by atomic mass is 9.97. The smallest absolute Gasteiger partial charge is 0.349 e. The molecule has 0 saturated heterocycles. The van der Waals surface area contributed by atoms with Gasteiger partial charge in [0.05, 0.1) is 19.9 Å². The van der Waals surface area contributed by atoms with Crippen molar-refractivity contribution in [3.8, 4) is 22.8 Å². The third-order valence-electron chi connectivity index (χ3n) is 4.44. The van der Waals surface area contributed by atoms with Crippen LogP contribution in [-0.4, -0.2) is 36.9 Å². The van der Waals surface area contributed by atoms with Crippen LogP contribution in [0, 0.1) is 0 Å². The fraction of sp³-hybridized carbons (Fsp3) is 0.444. The van der Waals surface area contributed by atoms with Crippen molar-refractivity contribution in [1.29, 1.82) is 0 Å². The minimum absolute atomic E-state index is 0.237. The molecule has 0 saturated carbocycles. The summed E-state index contributed by atoms with van der Waals surface area (Å²) in [5.41, 5.74) is 8.24. The van der Waals surface area contributed by atoms with Gasteiger partial charge in [0, 0.05) is 24.7 Å². The molecule has 0 unspecified atom stereocenters. The van der Waals surface area contributed by atoms with E-state index in [0.29, 0.717) is 30.4 Å². The van der Waals surface area contributed by atoms with Gasteiger partial charge in [-0.25, -0.2) is 4.79 Å². The number of hydrogen-bond donors (Lipinski definition) is 2. The van der Waals surface area contributed by atoms with Crippen LogP contribution in [0.25, 0.3) is 11.3 Å². The Morgan fingerprint density at radius 2 is 1.96 bits per heavy atom. The first kappa shape index (κ1) is 17.3. The maximum absolute atomic E-state index is 12.4. The summed E-state index contributed by atoms with van der Waals surface area (Å²) in [6.45, 7) is 2.01. The molecular formula is C18H24N4O3. The molecule has 0 fully saturated rings. The van der Waals surface area contributed by atoms with E-state index in [2.05, 4.69) is 10.3 Å². The highest BCUT2D eigenvalue weighted by Crippen LogP contribution is 2.38. The Balaban J connectivity index is 1.99. The standard InChI is InChI=1S/C18H24N4O3/c1-24-15-9-12-5-8-22-14(13(12)10-16(15)25-2)11-17(21-18(22)23)20-7-4-3-6-19/h9-11H,3-8,19H2,1-2H3,(H,20,21,23). The Bertz CT molecular complexity index is 817. The average molecular weight is 344 g/mol. The van der Waals surface area contributed by atoms with Crippen molar-refractivity contribution in [2.45, 2.75) is 25.8 Å². The third kappa shape index (κ3) is 3.46. The molecular weight excluding hydrogens is 320 g/mol. The van der Waals surface area contributed by atoms with Gasteiger partial charge in [0.1, 0.15) is 5.82 Å². The van der Waals surface area contributed by atoms with Crippen molar-refractivity contribution >= 4 is 5.82 Å². The molecule has 2 aromatic rings. The second kappa shape index (κ2) is 7.57. The van der Waals surface area contributed by atoms with Gasteiger partial charge in [0.2, 0.25) is 0 Å². The fourth-order valence-corrected chi connectivity index (χ4v) is 3.12. The molecule has 0 radical (unpaired) electrons. The second-order valence-corrected chi connectivity index (χ2v) is 6.00. The molecule has 3 rings (SSSR count). The summed E-state index contributed by atoms with van der Waals surface area (Å²) in [4.78, 5) is 16.5. The fourth-order valence-electron chi connectivity index (χ4n) is 3.12. The highest BCUT2D eigenvalue weighted by Gasteiger charge is 2.21. The van der Waals surface area contributed by atoms with Crippen molar-refractivity contribution in [2.75, 3.05) is 32.6 Å². The van der Waals surface area contributed by atoms with E-state index in [4.69, 9.17) is 15.2 Å². The number of nitrogens with one attached hydrogen (secondary N) is 1. The number of anilines is 1. The molecule has 1 aromatic heterocycles. The number of hydrogen-bond acceptors (Lipinski definition) is 6. The topological polar surface area (TPSA) is 91.4 Å². The minimum atomic E-state index is -0.237. The number of rotatable bonds is 7. The molecule has 1 aliphatic rings. The Morgan fingerprint density at radius 1 is 1.20 bits per heavy atom. The number of aromatic nitrogens is 2. The third-order valence-corrected chi connectivity index (χ3v) is 4.44. The molecule has 134 valence electrons. The lowest BCUT2D eigenvalue weighted by Crippen LogP contribution is -2.29. The lowest BCUT2D eigenvalue weighted by molar-refractivity contribution is 0.354. The average Bonchev–Trinajstić information content (AvgIpc) is 2.64. The van der Waals surface area contributed by atoms with E-state index in [9.17, 15) is 4.79 Å². The number of nitrogens with two attached hydrogens (primary N) is 1. The van der Waals surface area contributed by atoms with E-state index in [0.717, 1.165) is 42.6 Å². The summed E-state index contributed by atoms with van der Waals surface area (Å²) < 4.78 is 12.5. The highest BCUT2D eigenvalue weighted by molar-refractivity contribution is 5.71. The van der Waals surface area contributed by atoms with Gasteiger partial charge in [0.25, 0.3) is 0 Å². The molecule has 0 bridgehead atoms. The van der Waals surface area contributed by atoms with E-state index in [-0.39, 0.29) is 5.69 Å². The molecule has 1 aliphatic heterocycles. The normalized spacial score (nSPS) is 12.3. The van der Waals surface area contributed by atoms with Crippen LogP contribution >= 0.6 is 0 Å². The summed E-state index contributed by atoms with van der Waals surface area (Å²) in [6, 6.07) is 5.83. The van der Waals surface area contributed by atoms with Crippen molar-refractivity contribution in [1.82, 2.24) is 9.55 Å². The zero-order valence-corrected chi connectivity index (χ0v) is 14.7. The summed E-state index contributed by atoms with van der Waals surface area (Å²) in [6.07, 6.45) is 2.64. The quantitative estimate of drug-likeness (QED) is 0.742. The van der Waals surface area contributed by atoms with Crippen molar-refractivity contribution in [3.63, 3.8) is 0 Å². The molecule has 0 spiro atoms. The first-order valence-electron chi connectivity index (χ1n) is 8.49. The van der Waals surface area contributed by atoms with Crippen LogP contribution < -0.4 is 26.2 Å². The molecule has 7 nitrogen and oxygen atoms in total. The summed E-state index contributed by atoms with van der Waals surface area (Å²) in [5, 5.41) is 3.22. The van der Waals surface area contributed by atoms with Crippen molar-refractivity contribution in [3.05, 3.63) is 34.2 Å². The summed E-state index contributed by atoms with van der Waals surface area (Å²) in [7, 11) is 3.23. The predicted molar refractivity (Wildman–Crippen MR) is 97.5 cm³/mol. The molecule has 0 atom stereocenters. The zero-order chi connectivity index (χ0) is 17.8. The maximum Gasteiger partial charge on any atom is 0.349 e. The first-order chi connectivity index (χ1) is 12.2. The van der Waals surface area contributed by atoms with Crippen LogP contribution in [0.5, 0.6) is 11.5 Å². The van der Waals surface area contributed by atoms with Gasteiger partial charge in [-0.05, 0) is 43.5 Å². The van der Waals surface area contributed by atoms with Crippen LogP contribution in [0.15, 0.2) is 23.0 Å². The van der Waals surface area contributed by atoms with Crippen LogP contribution in [0.4, 0.5) is 5.82 Å². The zero-order valence-electron chi connectivity index (χ0n) is 14.7. The molecule has 0 amide bonds. The molecule has 7 heteroatoms. The number of fused-ring (bicyclic) bond motifs is 3. The van der Waals surface area contributed by atoms with Crippen molar-refractivity contribution in [2.24, 2.45) is 5.73 Å². The van der Waals surface area contributed by atoms with E-state index in [1.165, 1.54) is 0 Å². The van der Waals surface area contributed by atoms with Crippen LogP contribution in [0.2, 0.25) is 0 Å². The maximum atomic E-state index is 12.4. The molecule has 25 heavy (non-hydrogen) atoms. The van der Waals surface area contributed by atoms with Gasteiger partial charge in [0.15, 0.2) is 11.5 Å². The predicted octanol–water partition coefficient (Wildman–Crippen LogP) is 1.63.